The maximum Gasteiger partial charge on any atom is 0.0388 e. The average Bonchev–Trinajstić information content (AvgIpc) is 2.60. The van der Waals surface area contributed by atoms with Gasteiger partial charge in [-0.25, -0.2) is 0 Å². The van der Waals surface area contributed by atoms with E-state index in [1.165, 1.54) is 88.3 Å². The van der Waals surface area contributed by atoms with Gasteiger partial charge >= 0.3 is 0 Å². The molecule has 0 aliphatic rings. The molecule has 0 spiro atoms. The molecule has 25 heavy (non-hydrogen) atoms. The molecular formula is C24H45N. The van der Waals surface area contributed by atoms with E-state index in [0.29, 0.717) is 0 Å². The smallest absolute Gasteiger partial charge is 0.0388 e. The Morgan fingerprint density at radius 3 is 1.96 bits per heavy atom. The minimum Gasteiger partial charge on any atom is -0.294 e. The molecule has 0 N–H and O–H groups in total. The molecule has 0 amide bonds. The van der Waals surface area contributed by atoms with Crippen LogP contribution < -0.4 is 0 Å². The summed E-state index contributed by atoms with van der Waals surface area (Å²) in [5, 5.41) is 0. The van der Waals surface area contributed by atoms with Crippen LogP contribution in [0.2, 0.25) is 0 Å². The van der Waals surface area contributed by atoms with Crippen molar-refractivity contribution in [3.63, 3.8) is 0 Å². The van der Waals surface area contributed by atoms with Crippen molar-refractivity contribution >= 4 is 5.71 Å². The third-order valence-electron chi connectivity index (χ3n) is 4.86. The van der Waals surface area contributed by atoms with Crippen LogP contribution in [0.1, 0.15) is 118 Å². The van der Waals surface area contributed by atoms with Crippen LogP contribution in [-0.2, 0) is 0 Å². The fraction of sp³-hybridized carbons (Fsp3) is 0.792. The van der Waals surface area contributed by atoms with Crippen LogP contribution >= 0.6 is 0 Å². The van der Waals surface area contributed by atoms with Gasteiger partial charge in [-0.15, -0.1) is 0 Å². The molecule has 1 heteroatoms. The van der Waals surface area contributed by atoms with E-state index in [1.807, 2.05) is 0 Å². The first kappa shape index (κ1) is 24.1. The van der Waals surface area contributed by atoms with E-state index >= 15 is 0 Å². The number of unbranched alkanes of at least 4 members (excludes halogenated alkanes) is 7. The van der Waals surface area contributed by atoms with Gasteiger partial charge in [0.05, 0.1) is 0 Å². The normalized spacial score (nSPS) is 13.6. The number of nitrogens with zero attached hydrogens (tertiary/aromatic N) is 1. The first-order valence-corrected chi connectivity index (χ1v) is 10.9. The standard InChI is InChI=1S/C24H45N/c1-6-8-10-12-14-21-25-24(5)20-19-23(4)18-15-17-22(3)16-13-11-9-7-2/h16,18H,6-15,17,19-21H2,1-5H3/b22-16+,23-18+,25-24?. The minimum atomic E-state index is 1.03. The summed E-state index contributed by atoms with van der Waals surface area (Å²) in [6.45, 7) is 12.3. The molecule has 146 valence electrons. The number of allylic oxidation sites excluding steroid dienone is 4. The first-order chi connectivity index (χ1) is 12.1. The summed E-state index contributed by atoms with van der Waals surface area (Å²) in [6, 6.07) is 0. The van der Waals surface area contributed by atoms with Crippen molar-refractivity contribution in [1.82, 2.24) is 0 Å². The van der Waals surface area contributed by atoms with Gasteiger partial charge in [0.2, 0.25) is 0 Å². The number of aliphatic imine (C=N–C) groups is 1. The zero-order chi connectivity index (χ0) is 18.8. The van der Waals surface area contributed by atoms with Crippen LogP contribution in [0.3, 0.4) is 0 Å². The fourth-order valence-electron chi connectivity index (χ4n) is 2.94. The molecule has 0 aromatic rings. The number of hydrogen-bond acceptors (Lipinski definition) is 1. The van der Waals surface area contributed by atoms with Crippen molar-refractivity contribution in [2.45, 2.75) is 118 Å². The van der Waals surface area contributed by atoms with Crippen molar-refractivity contribution in [2.24, 2.45) is 4.99 Å². The Balaban J connectivity index is 3.81. The third kappa shape index (κ3) is 17.8. The maximum absolute atomic E-state index is 4.73. The molecular weight excluding hydrogens is 302 g/mol. The maximum atomic E-state index is 4.73. The average molecular weight is 348 g/mol. The lowest BCUT2D eigenvalue weighted by molar-refractivity contribution is 0.638. The summed E-state index contributed by atoms with van der Waals surface area (Å²) >= 11 is 0. The van der Waals surface area contributed by atoms with Crippen molar-refractivity contribution in [2.75, 3.05) is 6.54 Å². The fourth-order valence-corrected chi connectivity index (χ4v) is 2.94. The van der Waals surface area contributed by atoms with E-state index in [2.05, 4.69) is 46.8 Å². The Labute approximate surface area is 159 Å². The van der Waals surface area contributed by atoms with E-state index in [0.717, 1.165) is 13.0 Å². The lowest BCUT2D eigenvalue weighted by Gasteiger charge is -2.04. The lowest BCUT2D eigenvalue weighted by atomic mass is 10.0. The Morgan fingerprint density at radius 2 is 1.24 bits per heavy atom. The summed E-state index contributed by atoms with van der Waals surface area (Å²) in [4.78, 5) is 4.73. The van der Waals surface area contributed by atoms with Gasteiger partial charge in [-0.1, -0.05) is 75.7 Å². The second-order valence-corrected chi connectivity index (χ2v) is 7.67. The van der Waals surface area contributed by atoms with Gasteiger partial charge in [0.1, 0.15) is 0 Å². The molecule has 0 fully saturated rings. The quantitative estimate of drug-likeness (QED) is 0.151. The Hall–Kier alpha value is -0.850. The highest BCUT2D eigenvalue weighted by Gasteiger charge is 1.96. The van der Waals surface area contributed by atoms with Gasteiger partial charge in [-0.3, -0.25) is 4.99 Å². The Bertz CT molecular complexity index is 387. The van der Waals surface area contributed by atoms with Gasteiger partial charge in [0, 0.05) is 12.3 Å². The molecule has 0 heterocycles. The topological polar surface area (TPSA) is 12.4 Å². The van der Waals surface area contributed by atoms with Crippen LogP contribution in [0.25, 0.3) is 0 Å². The van der Waals surface area contributed by atoms with Crippen LogP contribution in [0.15, 0.2) is 28.3 Å². The molecule has 0 atom stereocenters. The van der Waals surface area contributed by atoms with Gasteiger partial charge < -0.3 is 0 Å². The highest BCUT2D eigenvalue weighted by atomic mass is 14.7. The van der Waals surface area contributed by atoms with Crippen molar-refractivity contribution in [3.05, 3.63) is 23.3 Å². The van der Waals surface area contributed by atoms with Crippen LogP contribution in [0.5, 0.6) is 0 Å². The summed E-state index contributed by atoms with van der Waals surface area (Å²) in [6.07, 6.45) is 21.5. The molecule has 0 saturated carbocycles. The van der Waals surface area contributed by atoms with Crippen LogP contribution in [-0.4, -0.2) is 12.3 Å². The van der Waals surface area contributed by atoms with E-state index in [9.17, 15) is 0 Å². The number of rotatable bonds is 16. The Morgan fingerprint density at radius 1 is 0.640 bits per heavy atom. The molecule has 0 aliphatic carbocycles. The second-order valence-electron chi connectivity index (χ2n) is 7.67. The van der Waals surface area contributed by atoms with E-state index < -0.39 is 0 Å². The Kier molecular flexibility index (Phi) is 17.3. The molecule has 0 bridgehead atoms. The van der Waals surface area contributed by atoms with E-state index in [4.69, 9.17) is 4.99 Å². The SMILES string of the molecule is CCCCC/C=C(\C)CC/C=C(\C)CCC(C)=NCCCCCCC. The summed E-state index contributed by atoms with van der Waals surface area (Å²) in [5.41, 5.74) is 4.41. The molecule has 0 aromatic carbocycles. The highest BCUT2D eigenvalue weighted by Crippen LogP contribution is 2.12. The molecule has 1 nitrogen and oxygen atoms in total. The predicted octanol–water partition coefficient (Wildman–Crippen LogP) is 8.45. The highest BCUT2D eigenvalue weighted by molar-refractivity contribution is 5.82. The van der Waals surface area contributed by atoms with Crippen molar-refractivity contribution in [1.29, 1.82) is 0 Å². The molecule has 0 unspecified atom stereocenters. The van der Waals surface area contributed by atoms with Gasteiger partial charge in [-0.05, 0) is 65.7 Å². The molecule has 0 aromatic heterocycles. The van der Waals surface area contributed by atoms with Crippen molar-refractivity contribution in [3.8, 4) is 0 Å². The van der Waals surface area contributed by atoms with Crippen LogP contribution in [0, 0.1) is 0 Å². The zero-order valence-corrected chi connectivity index (χ0v) is 18.0. The summed E-state index contributed by atoms with van der Waals surface area (Å²) < 4.78 is 0. The molecule has 0 saturated heterocycles. The molecule has 0 aliphatic heterocycles. The summed E-state index contributed by atoms with van der Waals surface area (Å²) in [7, 11) is 0. The van der Waals surface area contributed by atoms with Gasteiger partial charge in [0.25, 0.3) is 0 Å². The molecule has 0 rings (SSSR count). The van der Waals surface area contributed by atoms with Crippen LogP contribution in [0.4, 0.5) is 0 Å². The monoisotopic (exact) mass is 347 g/mol. The third-order valence-corrected chi connectivity index (χ3v) is 4.86. The zero-order valence-electron chi connectivity index (χ0n) is 18.0. The predicted molar refractivity (Wildman–Crippen MR) is 117 cm³/mol. The van der Waals surface area contributed by atoms with Gasteiger partial charge in [0.15, 0.2) is 0 Å². The lowest BCUT2D eigenvalue weighted by Crippen LogP contribution is -1.95. The number of hydrogen-bond donors (Lipinski definition) is 0. The van der Waals surface area contributed by atoms with Crippen molar-refractivity contribution < 1.29 is 0 Å². The minimum absolute atomic E-state index is 1.03. The van der Waals surface area contributed by atoms with E-state index in [-0.39, 0.29) is 0 Å². The second kappa shape index (κ2) is 18.0. The first-order valence-electron chi connectivity index (χ1n) is 10.9. The van der Waals surface area contributed by atoms with E-state index in [1.54, 1.807) is 5.57 Å². The van der Waals surface area contributed by atoms with Gasteiger partial charge in [-0.2, -0.15) is 0 Å². The molecule has 0 radical (unpaired) electrons. The summed E-state index contributed by atoms with van der Waals surface area (Å²) in [5.74, 6) is 0. The largest absolute Gasteiger partial charge is 0.294 e.